The molecule has 0 bridgehead atoms. The Morgan fingerprint density at radius 3 is 2.89 bits per heavy atom. The first-order valence-corrected chi connectivity index (χ1v) is 6.00. The zero-order valence-corrected chi connectivity index (χ0v) is 10.8. The standard InChI is InChI=1S/C11H10Cl2N2O3/c12-7-2-1-3-8(10(7)13)18-6-9(16)15-5-4-14-11(15)17/h1-3H,4-6H2,(H,14,17). The van der Waals surface area contributed by atoms with Gasteiger partial charge in [-0.15, -0.1) is 0 Å². The molecule has 0 atom stereocenters. The highest BCUT2D eigenvalue weighted by molar-refractivity contribution is 6.42. The zero-order chi connectivity index (χ0) is 13.1. The molecule has 0 aliphatic carbocycles. The molecule has 1 aromatic rings. The van der Waals surface area contributed by atoms with Crippen LogP contribution in [0.15, 0.2) is 18.2 Å². The molecule has 1 aliphatic rings. The zero-order valence-electron chi connectivity index (χ0n) is 9.28. The van der Waals surface area contributed by atoms with E-state index in [4.69, 9.17) is 27.9 Å². The Morgan fingerprint density at radius 1 is 1.44 bits per heavy atom. The highest BCUT2D eigenvalue weighted by Gasteiger charge is 2.26. The van der Waals surface area contributed by atoms with E-state index in [0.29, 0.717) is 23.9 Å². The van der Waals surface area contributed by atoms with E-state index in [1.165, 1.54) is 0 Å². The third kappa shape index (κ3) is 2.68. The molecular formula is C11H10Cl2N2O3. The first kappa shape index (κ1) is 13.0. The second-order valence-electron chi connectivity index (χ2n) is 3.62. The number of imide groups is 1. The summed E-state index contributed by atoms with van der Waals surface area (Å²) in [5.41, 5.74) is 0. The molecule has 1 heterocycles. The van der Waals surface area contributed by atoms with Crippen LogP contribution in [0.3, 0.4) is 0 Å². The van der Waals surface area contributed by atoms with Crippen molar-refractivity contribution >= 4 is 35.1 Å². The van der Waals surface area contributed by atoms with Crippen LogP contribution >= 0.6 is 23.2 Å². The number of rotatable bonds is 3. The lowest BCUT2D eigenvalue weighted by atomic mass is 10.3. The average molecular weight is 289 g/mol. The Balaban J connectivity index is 1.97. The predicted octanol–water partition coefficient (Wildman–Crippen LogP) is 1.92. The van der Waals surface area contributed by atoms with Crippen molar-refractivity contribution in [3.8, 4) is 5.75 Å². The van der Waals surface area contributed by atoms with E-state index in [2.05, 4.69) is 5.32 Å². The molecule has 18 heavy (non-hydrogen) atoms. The van der Waals surface area contributed by atoms with Crippen molar-refractivity contribution in [1.29, 1.82) is 0 Å². The van der Waals surface area contributed by atoms with E-state index in [1.54, 1.807) is 18.2 Å². The van der Waals surface area contributed by atoms with Crippen molar-refractivity contribution in [2.24, 2.45) is 0 Å². The van der Waals surface area contributed by atoms with Crippen LogP contribution in [0.5, 0.6) is 5.75 Å². The molecule has 1 saturated heterocycles. The third-order valence-electron chi connectivity index (χ3n) is 2.43. The molecule has 0 aromatic heterocycles. The van der Waals surface area contributed by atoms with Gasteiger partial charge in [-0.3, -0.25) is 9.69 Å². The summed E-state index contributed by atoms with van der Waals surface area (Å²) in [6.45, 7) is 0.556. The van der Waals surface area contributed by atoms with Gasteiger partial charge in [0.2, 0.25) is 0 Å². The molecule has 1 aliphatic heterocycles. The Kier molecular flexibility index (Phi) is 3.93. The molecular weight excluding hydrogens is 279 g/mol. The summed E-state index contributed by atoms with van der Waals surface area (Å²) < 4.78 is 5.25. The summed E-state index contributed by atoms with van der Waals surface area (Å²) in [4.78, 5) is 24.0. The van der Waals surface area contributed by atoms with E-state index in [1.807, 2.05) is 0 Å². The number of ether oxygens (including phenoxy) is 1. The Morgan fingerprint density at radius 2 is 2.22 bits per heavy atom. The maximum atomic E-state index is 11.7. The van der Waals surface area contributed by atoms with Crippen LogP contribution in [0.1, 0.15) is 0 Å². The summed E-state index contributed by atoms with van der Waals surface area (Å²) in [6.07, 6.45) is 0. The topological polar surface area (TPSA) is 58.6 Å². The van der Waals surface area contributed by atoms with Crippen molar-refractivity contribution < 1.29 is 14.3 Å². The summed E-state index contributed by atoms with van der Waals surface area (Å²) in [5, 5.41) is 3.13. The van der Waals surface area contributed by atoms with Gasteiger partial charge in [0.15, 0.2) is 6.61 Å². The van der Waals surface area contributed by atoms with Crippen LogP contribution < -0.4 is 10.1 Å². The predicted molar refractivity (Wildman–Crippen MR) is 67.1 cm³/mol. The smallest absolute Gasteiger partial charge is 0.324 e. The Bertz CT molecular complexity index is 493. The van der Waals surface area contributed by atoms with Gasteiger partial charge in [0, 0.05) is 13.1 Å². The quantitative estimate of drug-likeness (QED) is 0.925. The number of hydrogen-bond donors (Lipinski definition) is 1. The third-order valence-corrected chi connectivity index (χ3v) is 3.23. The van der Waals surface area contributed by atoms with Crippen LogP contribution in [0, 0.1) is 0 Å². The average Bonchev–Trinajstić information content (AvgIpc) is 2.77. The summed E-state index contributed by atoms with van der Waals surface area (Å²) in [5.74, 6) is -0.0989. The molecule has 7 heteroatoms. The number of amides is 3. The maximum absolute atomic E-state index is 11.7. The molecule has 0 radical (unpaired) electrons. The number of nitrogens with one attached hydrogen (secondary N) is 1. The maximum Gasteiger partial charge on any atom is 0.324 e. The number of urea groups is 1. The molecule has 3 amide bonds. The van der Waals surface area contributed by atoms with Crippen LogP contribution in [0.4, 0.5) is 4.79 Å². The first-order valence-electron chi connectivity index (χ1n) is 5.24. The van der Waals surface area contributed by atoms with Crippen LogP contribution in [-0.2, 0) is 4.79 Å². The number of nitrogens with zero attached hydrogens (tertiary/aromatic N) is 1. The fourth-order valence-corrected chi connectivity index (χ4v) is 1.87. The molecule has 0 saturated carbocycles. The number of carbonyl (C=O) groups excluding carboxylic acids is 2. The van der Waals surface area contributed by atoms with Crippen molar-refractivity contribution in [2.45, 2.75) is 0 Å². The number of halogens is 2. The van der Waals surface area contributed by atoms with Gasteiger partial charge >= 0.3 is 6.03 Å². The van der Waals surface area contributed by atoms with E-state index < -0.39 is 11.9 Å². The second kappa shape index (κ2) is 5.46. The number of benzene rings is 1. The second-order valence-corrected chi connectivity index (χ2v) is 4.40. The minimum absolute atomic E-state index is 0.248. The van der Waals surface area contributed by atoms with Crippen molar-refractivity contribution in [2.75, 3.05) is 19.7 Å². The van der Waals surface area contributed by atoms with E-state index in [0.717, 1.165) is 4.90 Å². The van der Waals surface area contributed by atoms with Crippen molar-refractivity contribution in [3.63, 3.8) is 0 Å². The fourth-order valence-electron chi connectivity index (χ4n) is 1.52. The SMILES string of the molecule is O=C(COc1cccc(Cl)c1Cl)N1CCNC1=O. The van der Waals surface area contributed by atoms with Gasteiger partial charge in [0.05, 0.1) is 5.02 Å². The van der Waals surface area contributed by atoms with Gasteiger partial charge in [-0.05, 0) is 12.1 Å². The lowest BCUT2D eigenvalue weighted by Crippen LogP contribution is -2.37. The molecule has 5 nitrogen and oxygen atoms in total. The molecule has 0 unspecified atom stereocenters. The highest BCUT2D eigenvalue weighted by Crippen LogP contribution is 2.31. The minimum Gasteiger partial charge on any atom is -0.482 e. The van der Waals surface area contributed by atoms with Crippen LogP contribution in [-0.4, -0.2) is 36.5 Å². The normalized spacial score (nSPS) is 14.6. The summed E-state index contributed by atoms with van der Waals surface area (Å²) in [6, 6.07) is 4.48. The van der Waals surface area contributed by atoms with Gasteiger partial charge in [-0.2, -0.15) is 0 Å². The van der Waals surface area contributed by atoms with Crippen LogP contribution in [0.2, 0.25) is 10.0 Å². The molecule has 2 rings (SSSR count). The molecule has 96 valence electrons. The Hall–Kier alpha value is -1.46. The summed E-state index contributed by atoms with van der Waals surface area (Å²) in [7, 11) is 0. The molecule has 1 aromatic carbocycles. The van der Waals surface area contributed by atoms with E-state index in [9.17, 15) is 9.59 Å². The van der Waals surface area contributed by atoms with E-state index in [-0.39, 0.29) is 11.6 Å². The minimum atomic E-state index is -0.416. The van der Waals surface area contributed by atoms with Crippen molar-refractivity contribution in [1.82, 2.24) is 10.2 Å². The number of hydrogen-bond acceptors (Lipinski definition) is 3. The van der Waals surface area contributed by atoms with Gasteiger partial charge < -0.3 is 10.1 Å². The first-order chi connectivity index (χ1) is 8.59. The lowest BCUT2D eigenvalue weighted by Gasteiger charge is -2.13. The lowest BCUT2D eigenvalue weighted by molar-refractivity contribution is -0.129. The fraction of sp³-hybridized carbons (Fsp3) is 0.273. The van der Waals surface area contributed by atoms with Gasteiger partial charge in [-0.1, -0.05) is 29.3 Å². The molecule has 0 spiro atoms. The molecule has 1 fully saturated rings. The largest absolute Gasteiger partial charge is 0.482 e. The number of carbonyl (C=O) groups is 2. The monoisotopic (exact) mass is 288 g/mol. The Labute approximate surface area is 114 Å². The van der Waals surface area contributed by atoms with Gasteiger partial charge in [0.1, 0.15) is 10.8 Å². The molecule has 1 N–H and O–H groups in total. The highest BCUT2D eigenvalue weighted by atomic mass is 35.5. The van der Waals surface area contributed by atoms with Crippen molar-refractivity contribution in [3.05, 3.63) is 28.2 Å². The van der Waals surface area contributed by atoms with Crippen LogP contribution in [0.25, 0.3) is 0 Å². The van der Waals surface area contributed by atoms with E-state index >= 15 is 0 Å². The van der Waals surface area contributed by atoms with Gasteiger partial charge in [-0.25, -0.2) is 4.79 Å². The summed E-state index contributed by atoms with van der Waals surface area (Å²) >= 11 is 11.7. The van der Waals surface area contributed by atoms with Gasteiger partial charge in [0.25, 0.3) is 5.91 Å².